The third-order valence-corrected chi connectivity index (χ3v) is 4.53. The normalized spacial score (nSPS) is 12.4. The molecule has 0 aliphatic rings. The third kappa shape index (κ3) is 4.97. The summed E-state index contributed by atoms with van der Waals surface area (Å²) >= 11 is 5.84. The minimum atomic E-state index is -4.61. The highest BCUT2D eigenvalue weighted by molar-refractivity contribution is 6.33. The number of esters is 1. The zero-order valence-electron chi connectivity index (χ0n) is 16.0. The van der Waals surface area contributed by atoms with Crippen LogP contribution in [0, 0.1) is 13.8 Å². The number of aryl methyl sites for hydroxylation is 1. The number of nitrogens with one attached hydrogen (secondary N) is 2. The van der Waals surface area contributed by atoms with Crippen LogP contribution in [0.1, 0.15) is 51.5 Å². The predicted molar refractivity (Wildman–Crippen MR) is 100 cm³/mol. The number of carbonyl (C=O) groups is 3. The summed E-state index contributed by atoms with van der Waals surface area (Å²) in [7, 11) is 0. The maximum atomic E-state index is 12.8. The number of aromatic nitrogens is 1. The molecule has 10 heteroatoms. The number of Topliss-reactive ketones (excluding diaryl/α,β-unsaturated/α-hetero) is 1. The third-order valence-electron chi connectivity index (χ3n) is 4.20. The lowest BCUT2D eigenvalue weighted by molar-refractivity contribution is -0.137. The summed E-state index contributed by atoms with van der Waals surface area (Å²) < 4.78 is 43.6. The van der Waals surface area contributed by atoms with E-state index in [2.05, 4.69) is 10.3 Å². The van der Waals surface area contributed by atoms with Crippen molar-refractivity contribution in [1.82, 2.24) is 4.98 Å². The van der Waals surface area contributed by atoms with E-state index in [1.54, 1.807) is 13.8 Å². The van der Waals surface area contributed by atoms with Crippen molar-refractivity contribution >= 4 is 34.9 Å². The maximum absolute atomic E-state index is 12.8. The molecule has 0 unspecified atom stereocenters. The lowest BCUT2D eigenvalue weighted by Gasteiger charge is -2.15. The summed E-state index contributed by atoms with van der Waals surface area (Å²) in [6.07, 6.45) is -5.95. The standard InChI is InChI=1S/C19H18ClF3N2O4/c1-8-15(10(3)26)9(2)24-16(8)18(28)29-11(4)17(27)25-14-7-12(19(21,22)23)5-6-13(14)20/h5-7,11,24H,1-4H3,(H,25,27)/t11-/m0/s1. The molecule has 0 radical (unpaired) electrons. The average Bonchev–Trinajstić information content (AvgIpc) is 2.90. The fourth-order valence-electron chi connectivity index (χ4n) is 2.79. The second kappa shape index (κ2) is 8.28. The molecule has 6 nitrogen and oxygen atoms in total. The molecule has 0 saturated heterocycles. The monoisotopic (exact) mass is 430 g/mol. The van der Waals surface area contributed by atoms with Gasteiger partial charge in [0.05, 0.1) is 16.3 Å². The van der Waals surface area contributed by atoms with E-state index >= 15 is 0 Å². The number of amides is 1. The molecule has 2 aromatic rings. The molecule has 29 heavy (non-hydrogen) atoms. The number of halogens is 4. The predicted octanol–water partition coefficient (Wildman–Crippen LogP) is 4.69. The largest absolute Gasteiger partial charge is 0.448 e. The Bertz CT molecular complexity index is 983. The SMILES string of the molecule is CC(=O)c1c(C)[nH]c(C(=O)O[C@@H](C)C(=O)Nc2cc(C(F)(F)F)ccc2Cl)c1C. The number of ketones is 1. The van der Waals surface area contributed by atoms with Crippen molar-refractivity contribution in [2.45, 2.75) is 40.0 Å². The second-order valence-electron chi connectivity index (χ2n) is 6.41. The van der Waals surface area contributed by atoms with E-state index in [1.165, 1.54) is 13.8 Å². The van der Waals surface area contributed by atoms with Crippen molar-refractivity contribution in [1.29, 1.82) is 0 Å². The number of hydrogen-bond acceptors (Lipinski definition) is 4. The van der Waals surface area contributed by atoms with Gasteiger partial charge in [-0.1, -0.05) is 11.6 Å². The lowest BCUT2D eigenvalue weighted by Crippen LogP contribution is -2.30. The Morgan fingerprint density at radius 1 is 1.21 bits per heavy atom. The first-order valence-corrected chi connectivity index (χ1v) is 8.79. The first-order valence-electron chi connectivity index (χ1n) is 8.41. The Morgan fingerprint density at radius 3 is 2.34 bits per heavy atom. The van der Waals surface area contributed by atoms with Gasteiger partial charge in [-0.2, -0.15) is 13.2 Å². The first-order chi connectivity index (χ1) is 13.3. The van der Waals surface area contributed by atoms with Gasteiger partial charge in [-0.05, 0) is 51.5 Å². The van der Waals surface area contributed by atoms with Crippen LogP contribution in [0.2, 0.25) is 5.02 Å². The average molecular weight is 431 g/mol. The van der Waals surface area contributed by atoms with E-state index in [4.69, 9.17) is 16.3 Å². The van der Waals surface area contributed by atoms with E-state index in [0.29, 0.717) is 22.9 Å². The fourth-order valence-corrected chi connectivity index (χ4v) is 2.95. The van der Waals surface area contributed by atoms with Crippen LogP contribution in [0.15, 0.2) is 18.2 Å². The molecule has 0 saturated carbocycles. The molecule has 2 N–H and O–H groups in total. The van der Waals surface area contributed by atoms with E-state index < -0.39 is 29.7 Å². The zero-order chi connectivity index (χ0) is 22.1. The smallest absolute Gasteiger partial charge is 0.416 e. The molecule has 2 rings (SSSR count). The molecule has 0 aliphatic heterocycles. The van der Waals surface area contributed by atoms with Crippen molar-refractivity contribution < 1.29 is 32.3 Å². The van der Waals surface area contributed by atoms with Gasteiger partial charge in [0, 0.05) is 11.3 Å². The molecule has 1 amide bonds. The Morgan fingerprint density at radius 2 is 1.83 bits per heavy atom. The van der Waals surface area contributed by atoms with Crippen LogP contribution in [0.3, 0.4) is 0 Å². The van der Waals surface area contributed by atoms with Gasteiger partial charge in [0.1, 0.15) is 5.69 Å². The number of alkyl halides is 3. The van der Waals surface area contributed by atoms with E-state index in [0.717, 1.165) is 12.1 Å². The molecule has 1 aromatic carbocycles. The molecule has 1 aromatic heterocycles. The number of anilines is 1. The molecule has 1 heterocycles. The Kier molecular flexibility index (Phi) is 6.42. The van der Waals surface area contributed by atoms with Crippen LogP contribution in [0.4, 0.5) is 18.9 Å². The van der Waals surface area contributed by atoms with Gasteiger partial charge in [-0.15, -0.1) is 0 Å². The van der Waals surface area contributed by atoms with Crippen molar-refractivity contribution in [3.63, 3.8) is 0 Å². The van der Waals surface area contributed by atoms with Gasteiger partial charge >= 0.3 is 12.1 Å². The summed E-state index contributed by atoms with van der Waals surface area (Å²) in [6.45, 7) is 5.79. The highest BCUT2D eigenvalue weighted by Gasteiger charge is 2.31. The quantitative estimate of drug-likeness (QED) is 0.532. The van der Waals surface area contributed by atoms with Crippen molar-refractivity contribution in [3.05, 3.63) is 51.3 Å². The van der Waals surface area contributed by atoms with Gasteiger partial charge in [-0.3, -0.25) is 9.59 Å². The molecule has 1 atom stereocenters. The Labute approximate surface area is 169 Å². The molecule has 0 bridgehead atoms. The number of carbonyl (C=O) groups excluding carboxylic acids is 3. The number of ether oxygens (including phenoxy) is 1. The van der Waals surface area contributed by atoms with Crippen LogP contribution in [0.25, 0.3) is 0 Å². The molecular weight excluding hydrogens is 413 g/mol. The van der Waals surface area contributed by atoms with Gasteiger partial charge in [0.25, 0.3) is 5.91 Å². The minimum Gasteiger partial charge on any atom is -0.448 e. The van der Waals surface area contributed by atoms with E-state index in [1.807, 2.05) is 0 Å². The summed E-state index contributed by atoms with van der Waals surface area (Å²) in [5, 5.41) is 2.11. The molecule has 0 fully saturated rings. The van der Waals surface area contributed by atoms with Crippen LogP contribution in [-0.4, -0.2) is 28.7 Å². The zero-order valence-corrected chi connectivity index (χ0v) is 16.7. The van der Waals surface area contributed by atoms with Crippen LogP contribution in [-0.2, 0) is 15.7 Å². The molecule has 0 spiro atoms. The number of aromatic amines is 1. The molecule has 156 valence electrons. The van der Waals surface area contributed by atoms with Gasteiger partial charge in [-0.25, -0.2) is 4.79 Å². The summed E-state index contributed by atoms with van der Waals surface area (Å²) in [6, 6.07) is 2.47. The maximum Gasteiger partial charge on any atom is 0.416 e. The number of benzene rings is 1. The number of H-pyrrole nitrogens is 1. The number of rotatable bonds is 5. The summed E-state index contributed by atoms with van der Waals surface area (Å²) in [5.41, 5.74) is -0.0196. The number of hydrogen-bond donors (Lipinski definition) is 2. The van der Waals surface area contributed by atoms with Crippen molar-refractivity contribution in [3.8, 4) is 0 Å². The van der Waals surface area contributed by atoms with Gasteiger partial charge < -0.3 is 15.0 Å². The minimum absolute atomic E-state index is 0.0180. The lowest BCUT2D eigenvalue weighted by atomic mass is 10.1. The van der Waals surface area contributed by atoms with E-state index in [9.17, 15) is 27.6 Å². The second-order valence-corrected chi connectivity index (χ2v) is 6.82. The summed E-state index contributed by atoms with van der Waals surface area (Å²) in [5.74, 6) is -1.98. The van der Waals surface area contributed by atoms with Gasteiger partial charge in [0.2, 0.25) is 0 Å². The summed E-state index contributed by atoms with van der Waals surface area (Å²) in [4.78, 5) is 39.0. The Balaban J connectivity index is 2.15. The van der Waals surface area contributed by atoms with Crippen molar-refractivity contribution in [2.24, 2.45) is 0 Å². The van der Waals surface area contributed by atoms with E-state index in [-0.39, 0.29) is 22.2 Å². The van der Waals surface area contributed by atoms with Crippen LogP contribution < -0.4 is 5.32 Å². The highest BCUT2D eigenvalue weighted by atomic mass is 35.5. The molecular formula is C19H18ClF3N2O4. The van der Waals surface area contributed by atoms with Gasteiger partial charge in [0.15, 0.2) is 11.9 Å². The Hall–Kier alpha value is -2.81. The van der Waals surface area contributed by atoms with Crippen LogP contribution >= 0.6 is 11.6 Å². The highest BCUT2D eigenvalue weighted by Crippen LogP contribution is 2.34. The fraction of sp³-hybridized carbons (Fsp3) is 0.316. The van der Waals surface area contributed by atoms with Crippen molar-refractivity contribution in [2.75, 3.05) is 5.32 Å². The topological polar surface area (TPSA) is 88.3 Å². The first kappa shape index (κ1) is 22.5. The van der Waals surface area contributed by atoms with Crippen LogP contribution in [0.5, 0.6) is 0 Å². The molecule has 0 aliphatic carbocycles.